The largest absolute Gasteiger partial charge is 0.372 e. The van der Waals surface area contributed by atoms with E-state index in [1.807, 2.05) is 0 Å². The quantitative estimate of drug-likeness (QED) is 0.689. The van der Waals surface area contributed by atoms with Gasteiger partial charge in [-0.15, -0.1) is 0 Å². The first-order valence-electron chi connectivity index (χ1n) is 8.85. The van der Waals surface area contributed by atoms with E-state index in [1.54, 1.807) is 48.5 Å². The molecule has 0 radical (unpaired) electrons. The lowest BCUT2D eigenvalue weighted by Gasteiger charge is -2.23. The molecule has 4 rings (SSSR count). The second-order valence-corrected chi connectivity index (χ2v) is 7.12. The summed E-state index contributed by atoms with van der Waals surface area (Å²) in [5.74, 6) is -1.75. The van der Waals surface area contributed by atoms with Crippen LogP contribution in [0.2, 0.25) is 5.02 Å². The van der Waals surface area contributed by atoms with E-state index in [9.17, 15) is 19.1 Å². The van der Waals surface area contributed by atoms with Gasteiger partial charge in [-0.05, 0) is 36.4 Å². The van der Waals surface area contributed by atoms with Crippen LogP contribution in [0.1, 0.15) is 11.1 Å². The highest BCUT2D eigenvalue weighted by molar-refractivity contribution is 6.30. The first-order chi connectivity index (χ1) is 13.9. The zero-order valence-electron chi connectivity index (χ0n) is 15.1. The van der Waals surface area contributed by atoms with Crippen LogP contribution in [-0.4, -0.2) is 23.5 Å². The highest BCUT2D eigenvalue weighted by Crippen LogP contribution is 2.44. The molecule has 0 unspecified atom stereocenters. The number of para-hydroxylation sites is 1. The Morgan fingerprint density at radius 2 is 1.83 bits per heavy atom. The molecule has 0 aliphatic carbocycles. The standard InChI is InChI=1S/C22H16ClFN2O3/c23-15-6-4-8-17(12-15)25-20(27)13-26-19-10-2-1-9-18(19)22(29,21(26)28)14-5-3-7-16(24)11-14/h1-12,29H,13H2,(H,25,27)/t22-/m1/s1. The lowest BCUT2D eigenvalue weighted by atomic mass is 9.87. The molecule has 1 aliphatic heterocycles. The predicted octanol–water partition coefficient (Wildman–Crippen LogP) is 3.70. The molecule has 29 heavy (non-hydrogen) atoms. The number of amides is 2. The minimum atomic E-state index is -2.07. The Bertz CT molecular complexity index is 1120. The number of rotatable bonds is 4. The number of fused-ring (bicyclic) bond motifs is 1. The van der Waals surface area contributed by atoms with Crippen LogP contribution in [0.4, 0.5) is 15.8 Å². The van der Waals surface area contributed by atoms with Crippen LogP contribution in [0.3, 0.4) is 0 Å². The van der Waals surface area contributed by atoms with Crippen molar-refractivity contribution in [1.29, 1.82) is 0 Å². The van der Waals surface area contributed by atoms with Crippen molar-refractivity contribution in [2.24, 2.45) is 0 Å². The fourth-order valence-electron chi connectivity index (χ4n) is 3.49. The fourth-order valence-corrected chi connectivity index (χ4v) is 3.69. The predicted molar refractivity (Wildman–Crippen MR) is 108 cm³/mol. The number of hydrogen-bond donors (Lipinski definition) is 2. The summed E-state index contributed by atoms with van der Waals surface area (Å²) in [6, 6.07) is 18.5. The number of benzene rings is 3. The second-order valence-electron chi connectivity index (χ2n) is 6.69. The van der Waals surface area contributed by atoms with Crippen molar-refractivity contribution in [3.63, 3.8) is 0 Å². The Morgan fingerprint density at radius 1 is 1.07 bits per heavy atom. The minimum absolute atomic E-state index is 0.104. The second kappa shape index (κ2) is 7.31. The molecule has 146 valence electrons. The fraction of sp³-hybridized carbons (Fsp3) is 0.0909. The average Bonchev–Trinajstić information content (AvgIpc) is 2.91. The topological polar surface area (TPSA) is 69.6 Å². The molecular formula is C22H16ClFN2O3. The zero-order valence-corrected chi connectivity index (χ0v) is 15.9. The Labute approximate surface area is 171 Å². The highest BCUT2D eigenvalue weighted by Gasteiger charge is 2.51. The molecule has 3 aromatic carbocycles. The van der Waals surface area contributed by atoms with Gasteiger partial charge in [-0.2, -0.15) is 0 Å². The van der Waals surface area contributed by atoms with Gasteiger partial charge in [0, 0.05) is 21.8 Å². The maximum Gasteiger partial charge on any atom is 0.268 e. The lowest BCUT2D eigenvalue weighted by Crippen LogP contribution is -2.44. The number of halogens is 2. The number of nitrogens with one attached hydrogen (secondary N) is 1. The molecule has 1 aliphatic rings. The first-order valence-corrected chi connectivity index (χ1v) is 9.22. The summed E-state index contributed by atoms with van der Waals surface area (Å²) in [6.45, 7) is -0.319. The lowest BCUT2D eigenvalue weighted by molar-refractivity contribution is -0.133. The Balaban J connectivity index is 1.67. The van der Waals surface area contributed by atoms with Crippen LogP contribution in [0.5, 0.6) is 0 Å². The molecule has 0 bridgehead atoms. The zero-order chi connectivity index (χ0) is 20.6. The van der Waals surface area contributed by atoms with Crippen LogP contribution in [0.25, 0.3) is 0 Å². The van der Waals surface area contributed by atoms with Crippen molar-refractivity contribution in [2.45, 2.75) is 5.60 Å². The van der Waals surface area contributed by atoms with Crippen LogP contribution >= 0.6 is 11.6 Å². The molecule has 2 amide bonds. The third-order valence-corrected chi connectivity index (χ3v) is 5.03. The molecule has 0 aromatic heterocycles. The molecule has 0 fully saturated rings. The SMILES string of the molecule is O=C(CN1C(=O)[C@@](O)(c2cccc(F)c2)c2ccccc21)Nc1cccc(Cl)c1. The van der Waals surface area contributed by atoms with E-state index in [1.165, 1.54) is 23.1 Å². The van der Waals surface area contributed by atoms with Crippen LogP contribution in [0.15, 0.2) is 72.8 Å². The monoisotopic (exact) mass is 410 g/mol. The summed E-state index contributed by atoms with van der Waals surface area (Å²) < 4.78 is 13.8. The third-order valence-electron chi connectivity index (χ3n) is 4.79. The smallest absolute Gasteiger partial charge is 0.268 e. The number of nitrogens with zero attached hydrogens (tertiary/aromatic N) is 1. The van der Waals surface area contributed by atoms with Gasteiger partial charge in [-0.3, -0.25) is 14.5 Å². The third kappa shape index (κ3) is 3.37. The van der Waals surface area contributed by atoms with E-state index in [0.717, 1.165) is 6.07 Å². The maximum atomic E-state index is 13.8. The highest BCUT2D eigenvalue weighted by atomic mass is 35.5. The summed E-state index contributed by atoms with van der Waals surface area (Å²) >= 11 is 5.93. The number of aliphatic hydroxyl groups is 1. The van der Waals surface area contributed by atoms with Crippen molar-refractivity contribution < 1.29 is 19.1 Å². The number of carbonyl (C=O) groups is 2. The normalized spacial score (nSPS) is 17.9. The van der Waals surface area contributed by atoms with Gasteiger partial charge in [0.05, 0.1) is 5.69 Å². The van der Waals surface area contributed by atoms with Gasteiger partial charge in [0.25, 0.3) is 5.91 Å². The molecular weight excluding hydrogens is 395 g/mol. The first kappa shape index (κ1) is 19.1. The van der Waals surface area contributed by atoms with Crippen LogP contribution in [0, 0.1) is 5.82 Å². The summed E-state index contributed by atoms with van der Waals surface area (Å²) in [5.41, 5.74) is -0.790. The van der Waals surface area contributed by atoms with Crippen LogP contribution < -0.4 is 10.2 Å². The van der Waals surface area contributed by atoms with Crippen molar-refractivity contribution in [1.82, 2.24) is 0 Å². The number of anilines is 2. The van der Waals surface area contributed by atoms with Crippen molar-refractivity contribution in [2.75, 3.05) is 16.8 Å². The molecule has 5 nitrogen and oxygen atoms in total. The van der Waals surface area contributed by atoms with E-state index in [4.69, 9.17) is 11.6 Å². The molecule has 3 aromatic rings. The Hall–Kier alpha value is -3.22. The molecule has 2 N–H and O–H groups in total. The van der Waals surface area contributed by atoms with E-state index < -0.39 is 23.2 Å². The van der Waals surface area contributed by atoms with E-state index in [-0.39, 0.29) is 12.1 Å². The Morgan fingerprint density at radius 3 is 2.59 bits per heavy atom. The van der Waals surface area contributed by atoms with Crippen molar-refractivity contribution in [3.8, 4) is 0 Å². The molecule has 1 heterocycles. The molecule has 0 spiro atoms. The minimum Gasteiger partial charge on any atom is -0.372 e. The van der Waals surface area contributed by atoms with E-state index in [2.05, 4.69) is 5.32 Å². The van der Waals surface area contributed by atoms with E-state index >= 15 is 0 Å². The van der Waals surface area contributed by atoms with Gasteiger partial charge in [0.1, 0.15) is 12.4 Å². The summed E-state index contributed by atoms with van der Waals surface area (Å²) in [6.07, 6.45) is 0. The summed E-state index contributed by atoms with van der Waals surface area (Å²) in [4.78, 5) is 26.9. The van der Waals surface area contributed by atoms with Gasteiger partial charge < -0.3 is 10.4 Å². The average molecular weight is 411 g/mol. The molecule has 0 saturated heterocycles. The van der Waals surface area contributed by atoms with Gasteiger partial charge >= 0.3 is 0 Å². The van der Waals surface area contributed by atoms with Crippen molar-refractivity contribution >= 4 is 34.8 Å². The van der Waals surface area contributed by atoms with Gasteiger partial charge in [0.2, 0.25) is 5.91 Å². The maximum absolute atomic E-state index is 13.8. The van der Waals surface area contributed by atoms with Gasteiger partial charge in [0.15, 0.2) is 5.60 Å². The molecule has 1 atom stereocenters. The van der Waals surface area contributed by atoms with Gasteiger partial charge in [-0.1, -0.05) is 48.0 Å². The molecule has 7 heteroatoms. The molecule has 0 saturated carbocycles. The Kier molecular flexibility index (Phi) is 4.82. The van der Waals surface area contributed by atoms with Crippen LogP contribution in [-0.2, 0) is 15.2 Å². The summed E-state index contributed by atoms with van der Waals surface area (Å²) in [5, 5.41) is 14.5. The number of carbonyl (C=O) groups excluding carboxylic acids is 2. The van der Waals surface area contributed by atoms with Crippen molar-refractivity contribution in [3.05, 3.63) is 94.8 Å². The van der Waals surface area contributed by atoms with E-state index in [0.29, 0.717) is 22.0 Å². The summed E-state index contributed by atoms with van der Waals surface area (Å²) in [7, 11) is 0. The van der Waals surface area contributed by atoms with Gasteiger partial charge in [-0.25, -0.2) is 4.39 Å². The number of hydrogen-bond acceptors (Lipinski definition) is 3.